The minimum absolute atomic E-state index is 0.288. The van der Waals surface area contributed by atoms with Gasteiger partial charge in [0.15, 0.2) is 0 Å². The highest BCUT2D eigenvalue weighted by molar-refractivity contribution is 6.01. The smallest absolute Gasteiger partial charge is 0.0722 e. The first-order valence-corrected chi connectivity index (χ1v) is 13.5. The Morgan fingerprint density at radius 2 is 1.11 bits per heavy atom. The number of hydrogen-bond acceptors (Lipinski definition) is 1. The summed E-state index contributed by atoms with van der Waals surface area (Å²) in [5.74, 6) is 0. The summed E-state index contributed by atoms with van der Waals surface area (Å²) in [6.07, 6.45) is 7.00. The van der Waals surface area contributed by atoms with Gasteiger partial charge >= 0.3 is 0 Å². The van der Waals surface area contributed by atoms with Crippen LogP contribution in [-0.2, 0) is 5.41 Å². The number of nitrogens with zero attached hydrogens (tertiary/aromatic N) is 1. The van der Waals surface area contributed by atoms with Gasteiger partial charge in [-0.2, -0.15) is 0 Å². The number of fused-ring (bicyclic) bond motifs is 9. The molecule has 5 aromatic rings. The van der Waals surface area contributed by atoms with Crippen molar-refractivity contribution >= 4 is 22.6 Å². The Morgan fingerprint density at radius 3 is 1.82 bits per heavy atom. The number of rotatable bonds is 3. The average molecular weight is 486 g/mol. The normalized spacial score (nSPS) is 18.2. The van der Waals surface area contributed by atoms with Gasteiger partial charge in [0.2, 0.25) is 0 Å². The molecule has 1 unspecified atom stereocenters. The third-order valence-corrected chi connectivity index (χ3v) is 8.55. The zero-order valence-corrected chi connectivity index (χ0v) is 21.1. The molecule has 0 aliphatic heterocycles. The monoisotopic (exact) mass is 485 g/mol. The first kappa shape index (κ1) is 21.5. The molecule has 1 nitrogen and oxygen atoms in total. The van der Waals surface area contributed by atoms with Crippen molar-refractivity contribution in [2.45, 2.75) is 18.3 Å². The zero-order chi connectivity index (χ0) is 25.1. The summed E-state index contributed by atoms with van der Waals surface area (Å²) in [7, 11) is 0. The Labute approximate surface area is 224 Å². The van der Waals surface area contributed by atoms with E-state index in [1.807, 2.05) is 0 Å². The van der Waals surface area contributed by atoms with Crippen molar-refractivity contribution in [2.75, 3.05) is 4.90 Å². The first-order valence-electron chi connectivity index (χ1n) is 13.5. The van der Waals surface area contributed by atoms with E-state index < -0.39 is 0 Å². The lowest BCUT2D eigenvalue weighted by Gasteiger charge is -2.33. The fraction of sp³-hybridized carbons (Fsp3) is 0.0811. The van der Waals surface area contributed by atoms with Crippen LogP contribution in [0.1, 0.15) is 35.1 Å². The minimum Gasteiger partial charge on any atom is -0.310 e. The van der Waals surface area contributed by atoms with Crippen LogP contribution in [0, 0.1) is 0 Å². The van der Waals surface area contributed by atoms with Crippen LogP contribution in [0.2, 0.25) is 0 Å². The lowest BCUT2D eigenvalue weighted by atomic mass is 9.69. The summed E-state index contributed by atoms with van der Waals surface area (Å²) in [6, 6.07) is 46.7. The quantitative estimate of drug-likeness (QED) is 0.246. The fourth-order valence-electron chi connectivity index (χ4n) is 7.17. The predicted molar refractivity (Wildman–Crippen MR) is 158 cm³/mol. The summed E-state index contributed by atoms with van der Waals surface area (Å²) in [5.41, 5.74) is 14.5. The summed E-state index contributed by atoms with van der Waals surface area (Å²) in [4.78, 5) is 2.42. The predicted octanol–water partition coefficient (Wildman–Crippen LogP) is 9.59. The second-order valence-corrected chi connectivity index (χ2v) is 10.4. The third kappa shape index (κ3) is 2.76. The standard InChI is InChI=1S/C37H27N/c1-3-14-26(15-4-1)38(27-16-5-2-6-17-27)35-25-13-24-34-36(35)30-20-9-12-23-33(30)37(34)31-21-10-7-18-28(31)29-19-8-11-22-32(29)37/h1-7,9-18,20-25H,8,19H2. The molecule has 3 aliphatic rings. The van der Waals surface area contributed by atoms with Gasteiger partial charge in [-0.05, 0) is 82.1 Å². The van der Waals surface area contributed by atoms with Crippen molar-refractivity contribution in [3.05, 3.63) is 167 Å². The summed E-state index contributed by atoms with van der Waals surface area (Å²) < 4.78 is 0. The molecule has 180 valence electrons. The van der Waals surface area contributed by atoms with E-state index in [0.29, 0.717) is 0 Å². The van der Waals surface area contributed by atoms with Crippen LogP contribution in [0.25, 0.3) is 16.7 Å². The molecule has 0 radical (unpaired) electrons. The van der Waals surface area contributed by atoms with Gasteiger partial charge < -0.3 is 4.90 Å². The van der Waals surface area contributed by atoms with Gasteiger partial charge in [-0.15, -0.1) is 0 Å². The molecule has 0 N–H and O–H groups in total. The van der Waals surface area contributed by atoms with E-state index in [4.69, 9.17) is 0 Å². The second-order valence-electron chi connectivity index (χ2n) is 10.4. The van der Waals surface area contributed by atoms with Gasteiger partial charge in [0.05, 0.1) is 11.1 Å². The molecular weight excluding hydrogens is 458 g/mol. The molecule has 0 saturated carbocycles. The highest BCUT2D eigenvalue weighted by Gasteiger charge is 2.53. The summed E-state index contributed by atoms with van der Waals surface area (Å²) in [6.45, 7) is 0. The molecule has 8 rings (SSSR count). The molecule has 0 bridgehead atoms. The van der Waals surface area contributed by atoms with E-state index in [1.54, 1.807) is 0 Å². The van der Waals surface area contributed by atoms with Crippen LogP contribution in [-0.4, -0.2) is 0 Å². The molecule has 1 heteroatoms. The molecule has 38 heavy (non-hydrogen) atoms. The van der Waals surface area contributed by atoms with E-state index in [2.05, 4.69) is 144 Å². The van der Waals surface area contributed by atoms with Crippen molar-refractivity contribution in [3.8, 4) is 11.1 Å². The Bertz CT molecular complexity index is 1720. The molecule has 1 spiro atoms. The Balaban J connectivity index is 1.49. The van der Waals surface area contributed by atoms with Crippen molar-refractivity contribution < 1.29 is 0 Å². The molecule has 5 aromatic carbocycles. The van der Waals surface area contributed by atoms with Crippen LogP contribution in [0.5, 0.6) is 0 Å². The van der Waals surface area contributed by atoms with Gasteiger partial charge in [0, 0.05) is 16.9 Å². The van der Waals surface area contributed by atoms with E-state index in [-0.39, 0.29) is 5.41 Å². The maximum atomic E-state index is 2.42. The largest absolute Gasteiger partial charge is 0.310 e. The summed E-state index contributed by atoms with van der Waals surface area (Å²) in [5, 5.41) is 0. The highest BCUT2D eigenvalue weighted by atomic mass is 15.1. The zero-order valence-electron chi connectivity index (χ0n) is 21.1. The molecular formula is C37H27N. The van der Waals surface area contributed by atoms with Crippen LogP contribution in [0.15, 0.2) is 145 Å². The van der Waals surface area contributed by atoms with Gasteiger partial charge in [-0.1, -0.05) is 109 Å². The van der Waals surface area contributed by atoms with Crippen LogP contribution in [0.4, 0.5) is 17.1 Å². The van der Waals surface area contributed by atoms with E-state index in [0.717, 1.165) is 24.2 Å². The molecule has 0 fully saturated rings. The van der Waals surface area contributed by atoms with E-state index >= 15 is 0 Å². The number of benzene rings is 5. The highest BCUT2D eigenvalue weighted by Crippen LogP contribution is 2.65. The first-order chi connectivity index (χ1) is 18.9. The van der Waals surface area contributed by atoms with Crippen LogP contribution >= 0.6 is 0 Å². The average Bonchev–Trinajstić information content (AvgIpc) is 3.47. The topological polar surface area (TPSA) is 3.24 Å². The maximum Gasteiger partial charge on any atom is 0.0722 e. The van der Waals surface area contributed by atoms with Crippen molar-refractivity contribution in [1.82, 2.24) is 0 Å². The Hall–Kier alpha value is -4.62. The Morgan fingerprint density at radius 1 is 0.526 bits per heavy atom. The SMILES string of the molecule is C1=CC2=C(CC1)c1ccccc1C21c2ccccc2-c2c(N(c3ccccc3)c3ccccc3)cccc21. The molecule has 0 aromatic heterocycles. The van der Waals surface area contributed by atoms with Crippen molar-refractivity contribution in [2.24, 2.45) is 0 Å². The van der Waals surface area contributed by atoms with E-state index in [9.17, 15) is 0 Å². The lowest BCUT2D eigenvalue weighted by molar-refractivity contribution is 0.780. The van der Waals surface area contributed by atoms with Gasteiger partial charge in [-0.3, -0.25) is 0 Å². The minimum atomic E-state index is -0.288. The van der Waals surface area contributed by atoms with Crippen LogP contribution in [0.3, 0.4) is 0 Å². The molecule has 0 amide bonds. The third-order valence-electron chi connectivity index (χ3n) is 8.55. The van der Waals surface area contributed by atoms with E-state index in [1.165, 1.54) is 50.2 Å². The number of allylic oxidation sites excluding steroid dienone is 4. The molecule has 1 atom stereocenters. The number of anilines is 3. The molecule has 0 saturated heterocycles. The van der Waals surface area contributed by atoms with Crippen molar-refractivity contribution in [3.63, 3.8) is 0 Å². The second kappa shape index (κ2) is 8.19. The Kier molecular flexibility index (Phi) is 4.63. The molecule has 3 aliphatic carbocycles. The van der Waals surface area contributed by atoms with Crippen LogP contribution < -0.4 is 4.90 Å². The lowest BCUT2D eigenvalue weighted by Crippen LogP contribution is -2.27. The van der Waals surface area contributed by atoms with Gasteiger partial charge in [-0.25, -0.2) is 0 Å². The molecule has 0 heterocycles. The maximum absolute atomic E-state index is 2.42. The fourth-order valence-corrected chi connectivity index (χ4v) is 7.17. The number of para-hydroxylation sites is 2. The number of hydrogen-bond donors (Lipinski definition) is 0. The summed E-state index contributed by atoms with van der Waals surface area (Å²) >= 11 is 0. The van der Waals surface area contributed by atoms with Gasteiger partial charge in [0.25, 0.3) is 0 Å². The van der Waals surface area contributed by atoms with Crippen molar-refractivity contribution in [1.29, 1.82) is 0 Å². The van der Waals surface area contributed by atoms with Gasteiger partial charge in [0.1, 0.15) is 0 Å².